The highest BCUT2D eigenvalue weighted by molar-refractivity contribution is 5.38. The standard InChI is InChI=1S/C19H25NO/c1-14-8-6-10-19(16(14)3)21-12-11-17(13-20)18-9-5-4-7-15(18)2/h4-10,17H,11-13,20H2,1-3H3. The minimum absolute atomic E-state index is 0.358. The SMILES string of the molecule is Cc1ccccc1C(CN)CCOc1cccc(C)c1C. The zero-order valence-corrected chi connectivity index (χ0v) is 13.2. The molecule has 2 heteroatoms. The molecule has 1 unspecified atom stereocenters. The molecule has 0 heterocycles. The number of nitrogens with two attached hydrogens (primary N) is 1. The molecule has 1 atom stereocenters. The van der Waals surface area contributed by atoms with Gasteiger partial charge in [-0.2, -0.15) is 0 Å². The summed E-state index contributed by atoms with van der Waals surface area (Å²) in [5.74, 6) is 1.34. The highest BCUT2D eigenvalue weighted by Gasteiger charge is 2.12. The van der Waals surface area contributed by atoms with Crippen LogP contribution in [0, 0.1) is 20.8 Å². The maximum Gasteiger partial charge on any atom is 0.122 e. The van der Waals surface area contributed by atoms with Crippen LogP contribution in [0.15, 0.2) is 42.5 Å². The summed E-state index contributed by atoms with van der Waals surface area (Å²) in [7, 11) is 0. The van der Waals surface area contributed by atoms with Crippen molar-refractivity contribution in [1.82, 2.24) is 0 Å². The number of benzene rings is 2. The van der Waals surface area contributed by atoms with Crippen LogP contribution in [-0.4, -0.2) is 13.2 Å². The number of rotatable bonds is 6. The Bertz CT molecular complexity index is 592. The summed E-state index contributed by atoms with van der Waals surface area (Å²) in [6.07, 6.45) is 0.939. The van der Waals surface area contributed by atoms with Crippen molar-refractivity contribution < 1.29 is 4.74 Å². The lowest BCUT2D eigenvalue weighted by molar-refractivity contribution is 0.296. The summed E-state index contributed by atoms with van der Waals surface area (Å²) in [4.78, 5) is 0. The molecule has 0 fully saturated rings. The lowest BCUT2D eigenvalue weighted by atomic mass is 9.92. The van der Waals surface area contributed by atoms with Gasteiger partial charge in [0.05, 0.1) is 6.61 Å². The van der Waals surface area contributed by atoms with E-state index in [0.29, 0.717) is 19.1 Å². The Labute approximate surface area is 127 Å². The normalized spacial score (nSPS) is 12.2. The Balaban J connectivity index is 1.98. The maximum absolute atomic E-state index is 5.96. The van der Waals surface area contributed by atoms with Crippen molar-refractivity contribution in [3.05, 3.63) is 64.7 Å². The molecule has 2 rings (SSSR count). The minimum Gasteiger partial charge on any atom is -0.493 e. The lowest BCUT2D eigenvalue weighted by Gasteiger charge is -2.18. The largest absolute Gasteiger partial charge is 0.493 e. The van der Waals surface area contributed by atoms with Gasteiger partial charge in [0.2, 0.25) is 0 Å². The van der Waals surface area contributed by atoms with Crippen LogP contribution in [0.5, 0.6) is 5.75 Å². The van der Waals surface area contributed by atoms with Gasteiger partial charge in [-0.05, 0) is 68.0 Å². The summed E-state index contributed by atoms with van der Waals surface area (Å²) in [5.41, 5.74) is 11.1. The van der Waals surface area contributed by atoms with Crippen molar-refractivity contribution in [1.29, 1.82) is 0 Å². The molecule has 0 aromatic heterocycles. The predicted molar refractivity (Wildman–Crippen MR) is 89.0 cm³/mol. The lowest BCUT2D eigenvalue weighted by Crippen LogP contribution is -2.16. The van der Waals surface area contributed by atoms with Gasteiger partial charge in [-0.25, -0.2) is 0 Å². The highest BCUT2D eigenvalue weighted by Crippen LogP contribution is 2.24. The monoisotopic (exact) mass is 283 g/mol. The zero-order valence-electron chi connectivity index (χ0n) is 13.2. The summed E-state index contributed by atoms with van der Waals surface area (Å²) in [6, 6.07) is 14.6. The van der Waals surface area contributed by atoms with E-state index in [0.717, 1.165) is 12.2 Å². The Morgan fingerprint density at radius 3 is 2.38 bits per heavy atom. The van der Waals surface area contributed by atoms with Gasteiger partial charge in [0.1, 0.15) is 5.75 Å². The fourth-order valence-electron chi connectivity index (χ4n) is 2.64. The molecule has 0 aliphatic carbocycles. The second-order valence-electron chi connectivity index (χ2n) is 5.62. The molecule has 0 bridgehead atoms. The van der Waals surface area contributed by atoms with Crippen LogP contribution >= 0.6 is 0 Å². The maximum atomic E-state index is 5.96. The summed E-state index contributed by atoms with van der Waals surface area (Å²) < 4.78 is 5.96. The van der Waals surface area contributed by atoms with E-state index >= 15 is 0 Å². The third kappa shape index (κ3) is 3.85. The molecule has 2 aromatic rings. The molecule has 2 aromatic carbocycles. The number of ether oxygens (including phenoxy) is 1. The topological polar surface area (TPSA) is 35.2 Å². The van der Waals surface area contributed by atoms with Gasteiger partial charge in [-0.3, -0.25) is 0 Å². The average Bonchev–Trinajstić information content (AvgIpc) is 2.49. The van der Waals surface area contributed by atoms with Crippen molar-refractivity contribution in [2.45, 2.75) is 33.1 Å². The van der Waals surface area contributed by atoms with Crippen LogP contribution in [0.4, 0.5) is 0 Å². The second-order valence-corrected chi connectivity index (χ2v) is 5.62. The molecule has 21 heavy (non-hydrogen) atoms. The van der Waals surface area contributed by atoms with E-state index in [-0.39, 0.29) is 0 Å². The quantitative estimate of drug-likeness (QED) is 0.865. The fourth-order valence-corrected chi connectivity index (χ4v) is 2.64. The molecule has 0 amide bonds. The Morgan fingerprint density at radius 1 is 0.952 bits per heavy atom. The van der Waals surface area contributed by atoms with Crippen molar-refractivity contribution in [2.75, 3.05) is 13.2 Å². The third-order valence-corrected chi connectivity index (χ3v) is 4.19. The number of hydrogen-bond acceptors (Lipinski definition) is 2. The van der Waals surface area contributed by atoms with E-state index in [1.807, 2.05) is 12.1 Å². The van der Waals surface area contributed by atoms with Gasteiger partial charge in [0, 0.05) is 0 Å². The minimum atomic E-state index is 0.358. The van der Waals surface area contributed by atoms with Crippen molar-refractivity contribution in [2.24, 2.45) is 5.73 Å². The first-order valence-electron chi connectivity index (χ1n) is 7.58. The highest BCUT2D eigenvalue weighted by atomic mass is 16.5. The molecular weight excluding hydrogens is 258 g/mol. The van der Waals surface area contributed by atoms with Gasteiger partial charge in [0.25, 0.3) is 0 Å². The van der Waals surface area contributed by atoms with Crippen molar-refractivity contribution in [3.63, 3.8) is 0 Å². The van der Waals surface area contributed by atoms with Crippen LogP contribution < -0.4 is 10.5 Å². The zero-order chi connectivity index (χ0) is 15.2. The van der Waals surface area contributed by atoms with Gasteiger partial charge < -0.3 is 10.5 Å². The van der Waals surface area contributed by atoms with E-state index < -0.39 is 0 Å². The molecule has 0 saturated heterocycles. The van der Waals surface area contributed by atoms with E-state index in [4.69, 9.17) is 10.5 Å². The van der Waals surface area contributed by atoms with Crippen LogP contribution in [0.2, 0.25) is 0 Å². The molecule has 0 aliphatic heterocycles. The fraction of sp³-hybridized carbons (Fsp3) is 0.368. The van der Waals surface area contributed by atoms with Gasteiger partial charge in [-0.1, -0.05) is 36.4 Å². The summed E-state index contributed by atoms with van der Waals surface area (Å²) in [5, 5.41) is 0. The van der Waals surface area contributed by atoms with Crippen molar-refractivity contribution >= 4 is 0 Å². The van der Waals surface area contributed by atoms with Crippen LogP contribution in [-0.2, 0) is 0 Å². The second kappa shape index (κ2) is 7.28. The molecule has 2 nitrogen and oxygen atoms in total. The predicted octanol–water partition coefficient (Wildman–Crippen LogP) is 4.12. The van der Waals surface area contributed by atoms with Gasteiger partial charge in [-0.15, -0.1) is 0 Å². The number of aryl methyl sites for hydroxylation is 2. The Hall–Kier alpha value is -1.80. The molecule has 0 aliphatic rings. The first-order chi connectivity index (χ1) is 10.1. The molecule has 2 N–H and O–H groups in total. The summed E-state index contributed by atoms with van der Waals surface area (Å²) >= 11 is 0. The molecule has 0 saturated carbocycles. The molecule has 0 spiro atoms. The summed E-state index contributed by atoms with van der Waals surface area (Å²) in [6.45, 7) is 7.70. The van der Waals surface area contributed by atoms with Crippen molar-refractivity contribution in [3.8, 4) is 5.75 Å². The van der Waals surface area contributed by atoms with E-state index in [1.165, 1.54) is 22.3 Å². The van der Waals surface area contributed by atoms with Gasteiger partial charge >= 0.3 is 0 Å². The molecular formula is C19H25NO. The van der Waals surface area contributed by atoms with E-state index in [9.17, 15) is 0 Å². The smallest absolute Gasteiger partial charge is 0.122 e. The molecule has 112 valence electrons. The molecule has 0 radical (unpaired) electrons. The first-order valence-corrected chi connectivity index (χ1v) is 7.58. The van der Waals surface area contributed by atoms with Gasteiger partial charge in [0.15, 0.2) is 0 Å². The number of hydrogen-bond donors (Lipinski definition) is 1. The van der Waals surface area contributed by atoms with E-state index in [1.54, 1.807) is 0 Å². The van der Waals surface area contributed by atoms with Crippen LogP contribution in [0.25, 0.3) is 0 Å². The average molecular weight is 283 g/mol. The Kier molecular flexibility index (Phi) is 5.40. The Morgan fingerprint density at radius 2 is 1.67 bits per heavy atom. The van der Waals surface area contributed by atoms with Crippen LogP contribution in [0.3, 0.4) is 0 Å². The third-order valence-electron chi connectivity index (χ3n) is 4.19. The van der Waals surface area contributed by atoms with E-state index in [2.05, 4.69) is 51.1 Å². The van der Waals surface area contributed by atoms with Crippen LogP contribution in [0.1, 0.15) is 34.6 Å². The first kappa shape index (κ1) is 15.6.